The van der Waals surface area contributed by atoms with E-state index >= 15 is 0 Å². The van der Waals surface area contributed by atoms with Gasteiger partial charge in [-0.05, 0) is 32.6 Å². The van der Waals surface area contributed by atoms with Crippen molar-refractivity contribution in [3.05, 3.63) is 0 Å². The highest BCUT2D eigenvalue weighted by Crippen LogP contribution is 2.27. The minimum absolute atomic E-state index is 0.0371. The van der Waals surface area contributed by atoms with Gasteiger partial charge >= 0.3 is 0 Å². The molecule has 128 valence electrons. The van der Waals surface area contributed by atoms with Crippen LogP contribution in [0.3, 0.4) is 0 Å². The third-order valence-electron chi connectivity index (χ3n) is 4.11. The van der Waals surface area contributed by atoms with E-state index in [1.807, 2.05) is 20.8 Å². The van der Waals surface area contributed by atoms with Crippen LogP contribution in [0.1, 0.15) is 52.9 Å². The molecule has 0 heterocycles. The Morgan fingerprint density at radius 3 is 2.27 bits per heavy atom. The molecule has 1 fully saturated rings. The van der Waals surface area contributed by atoms with Crippen LogP contribution >= 0.6 is 0 Å². The average molecular weight is 313 g/mol. The van der Waals surface area contributed by atoms with Crippen molar-refractivity contribution < 1.29 is 19.1 Å². The number of ketones is 1. The fraction of sp³-hybridized carbons (Fsp3) is 0.882. The van der Waals surface area contributed by atoms with Crippen molar-refractivity contribution >= 4 is 11.7 Å². The summed E-state index contributed by atoms with van der Waals surface area (Å²) in [5.74, 6) is 0.711. The monoisotopic (exact) mass is 313 g/mol. The largest absolute Gasteiger partial charge is 0.379 e. The van der Waals surface area contributed by atoms with Gasteiger partial charge in [0.2, 0.25) is 5.91 Å². The summed E-state index contributed by atoms with van der Waals surface area (Å²) in [4.78, 5) is 23.8. The van der Waals surface area contributed by atoms with Gasteiger partial charge in [-0.2, -0.15) is 0 Å². The van der Waals surface area contributed by atoms with Gasteiger partial charge in [-0.25, -0.2) is 0 Å². The Morgan fingerprint density at radius 2 is 1.68 bits per heavy atom. The minimum Gasteiger partial charge on any atom is -0.379 e. The SMILES string of the molecule is CCOCCOCCC(=O)NC1CCC(C(=O)C(C)C)CC1. The lowest BCUT2D eigenvalue weighted by molar-refractivity contribution is -0.127. The lowest BCUT2D eigenvalue weighted by atomic mass is 9.80. The molecule has 0 saturated heterocycles. The molecule has 0 atom stereocenters. The summed E-state index contributed by atoms with van der Waals surface area (Å²) in [5.41, 5.74) is 0. The highest BCUT2D eigenvalue weighted by molar-refractivity contribution is 5.83. The van der Waals surface area contributed by atoms with Crippen LogP contribution in [0.25, 0.3) is 0 Å². The highest BCUT2D eigenvalue weighted by atomic mass is 16.5. The van der Waals surface area contributed by atoms with Crippen LogP contribution in [-0.4, -0.2) is 44.2 Å². The van der Waals surface area contributed by atoms with E-state index in [1.54, 1.807) is 0 Å². The van der Waals surface area contributed by atoms with E-state index in [0.29, 0.717) is 38.6 Å². The number of carbonyl (C=O) groups is 2. The summed E-state index contributed by atoms with van der Waals surface area (Å²) in [5, 5.41) is 3.05. The first-order chi connectivity index (χ1) is 10.5. The van der Waals surface area contributed by atoms with Crippen LogP contribution in [0, 0.1) is 11.8 Å². The summed E-state index contributed by atoms with van der Waals surface area (Å²) >= 11 is 0. The Balaban J connectivity index is 2.10. The molecular weight excluding hydrogens is 282 g/mol. The van der Waals surface area contributed by atoms with Gasteiger partial charge in [0.15, 0.2) is 0 Å². The molecule has 0 aliphatic heterocycles. The van der Waals surface area contributed by atoms with Gasteiger partial charge in [-0.1, -0.05) is 13.8 Å². The molecule has 5 nitrogen and oxygen atoms in total. The van der Waals surface area contributed by atoms with E-state index < -0.39 is 0 Å². The Kier molecular flexibility index (Phi) is 9.32. The number of rotatable bonds is 10. The molecule has 1 amide bonds. The number of amides is 1. The highest BCUT2D eigenvalue weighted by Gasteiger charge is 2.27. The summed E-state index contributed by atoms with van der Waals surface area (Å²) in [6, 6.07) is 0.215. The molecule has 0 spiro atoms. The Bertz CT molecular complexity index is 336. The van der Waals surface area contributed by atoms with Crippen LogP contribution < -0.4 is 5.32 Å². The van der Waals surface area contributed by atoms with Gasteiger partial charge in [0.1, 0.15) is 5.78 Å². The molecular formula is C17H31NO4. The maximum Gasteiger partial charge on any atom is 0.222 e. The predicted molar refractivity (Wildman–Crippen MR) is 85.7 cm³/mol. The second-order valence-corrected chi connectivity index (χ2v) is 6.23. The summed E-state index contributed by atoms with van der Waals surface area (Å²) in [6.07, 6.45) is 3.98. The molecule has 22 heavy (non-hydrogen) atoms. The molecule has 1 aliphatic carbocycles. The van der Waals surface area contributed by atoms with Crippen molar-refractivity contribution in [3.8, 4) is 0 Å². The summed E-state index contributed by atoms with van der Waals surface area (Å²) in [7, 11) is 0. The van der Waals surface area contributed by atoms with Gasteiger partial charge in [0.25, 0.3) is 0 Å². The van der Waals surface area contributed by atoms with Crippen LogP contribution in [0.4, 0.5) is 0 Å². The first-order valence-electron chi connectivity index (χ1n) is 8.53. The van der Waals surface area contributed by atoms with Gasteiger partial charge in [0.05, 0.1) is 19.8 Å². The standard InChI is InChI=1S/C17H31NO4/c1-4-21-11-12-22-10-9-16(19)18-15-7-5-14(6-8-15)17(20)13(2)3/h13-15H,4-12H2,1-3H3,(H,18,19). The normalized spacial score (nSPS) is 21.8. The van der Waals surface area contributed by atoms with E-state index in [-0.39, 0.29) is 23.8 Å². The van der Waals surface area contributed by atoms with E-state index in [1.165, 1.54) is 0 Å². The second kappa shape index (κ2) is 10.7. The van der Waals surface area contributed by atoms with Crippen molar-refractivity contribution in [2.75, 3.05) is 26.4 Å². The zero-order valence-corrected chi connectivity index (χ0v) is 14.2. The molecule has 1 saturated carbocycles. The van der Waals surface area contributed by atoms with Crippen molar-refractivity contribution in [1.29, 1.82) is 0 Å². The third kappa shape index (κ3) is 7.36. The number of ether oxygens (including phenoxy) is 2. The quantitative estimate of drug-likeness (QED) is 0.629. The third-order valence-corrected chi connectivity index (χ3v) is 4.11. The van der Waals surface area contributed by atoms with Crippen LogP contribution in [0.5, 0.6) is 0 Å². The van der Waals surface area contributed by atoms with Crippen LogP contribution in [0.15, 0.2) is 0 Å². The average Bonchev–Trinajstić information content (AvgIpc) is 2.50. The molecule has 5 heteroatoms. The zero-order chi connectivity index (χ0) is 16.4. The molecule has 0 aromatic carbocycles. The summed E-state index contributed by atoms with van der Waals surface area (Å²) < 4.78 is 10.5. The van der Waals surface area contributed by atoms with Crippen molar-refractivity contribution in [2.24, 2.45) is 11.8 Å². The first kappa shape index (κ1) is 19.1. The molecule has 0 radical (unpaired) electrons. The Hall–Kier alpha value is -0.940. The Morgan fingerprint density at radius 1 is 1.05 bits per heavy atom. The van der Waals surface area contributed by atoms with Crippen LogP contribution in [-0.2, 0) is 19.1 Å². The molecule has 1 rings (SSSR count). The van der Waals surface area contributed by atoms with E-state index in [0.717, 1.165) is 25.7 Å². The van der Waals surface area contributed by atoms with Gasteiger partial charge in [-0.15, -0.1) is 0 Å². The Labute approximate surface area is 134 Å². The minimum atomic E-state index is 0.0371. The van der Waals surface area contributed by atoms with Gasteiger partial charge in [0, 0.05) is 30.9 Å². The number of hydrogen-bond donors (Lipinski definition) is 1. The predicted octanol–water partition coefficient (Wildman–Crippen LogP) is 2.33. The maximum atomic E-state index is 12.0. The molecule has 0 bridgehead atoms. The van der Waals surface area contributed by atoms with Crippen molar-refractivity contribution in [3.63, 3.8) is 0 Å². The maximum absolute atomic E-state index is 12.0. The van der Waals surface area contributed by atoms with E-state index in [9.17, 15) is 9.59 Å². The van der Waals surface area contributed by atoms with E-state index in [4.69, 9.17) is 9.47 Å². The fourth-order valence-corrected chi connectivity index (χ4v) is 2.82. The first-order valence-corrected chi connectivity index (χ1v) is 8.53. The van der Waals surface area contributed by atoms with Gasteiger partial charge in [-0.3, -0.25) is 9.59 Å². The van der Waals surface area contributed by atoms with Gasteiger partial charge < -0.3 is 14.8 Å². The smallest absolute Gasteiger partial charge is 0.222 e. The van der Waals surface area contributed by atoms with Crippen molar-refractivity contribution in [2.45, 2.75) is 58.9 Å². The fourth-order valence-electron chi connectivity index (χ4n) is 2.82. The molecule has 0 aromatic heterocycles. The number of Topliss-reactive ketones (excluding diaryl/α,β-unsaturated/α-hetero) is 1. The lowest BCUT2D eigenvalue weighted by Gasteiger charge is -2.29. The van der Waals surface area contributed by atoms with E-state index in [2.05, 4.69) is 5.32 Å². The topological polar surface area (TPSA) is 64.6 Å². The lowest BCUT2D eigenvalue weighted by Crippen LogP contribution is -2.39. The van der Waals surface area contributed by atoms with Crippen molar-refractivity contribution in [1.82, 2.24) is 5.32 Å². The number of hydrogen-bond acceptors (Lipinski definition) is 4. The number of carbonyl (C=O) groups excluding carboxylic acids is 2. The zero-order valence-electron chi connectivity index (χ0n) is 14.2. The van der Waals surface area contributed by atoms with Crippen LogP contribution in [0.2, 0.25) is 0 Å². The molecule has 1 aliphatic rings. The second-order valence-electron chi connectivity index (χ2n) is 6.23. The molecule has 0 unspecified atom stereocenters. The summed E-state index contributed by atoms with van der Waals surface area (Å²) in [6.45, 7) is 8.09. The number of nitrogens with one attached hydrogen (secondary N) is 1. The molecule has 0 aromatic rings. The molecule has 1 N–H and O–H groups in total.